The van der Waals surface area contributed by atoms with E-state index in [1.807, 2.05) is 30.3 Å². The highest BCUT2D eigenvalue weighted by molar-refractivity contribution is 6.03. The summed E-state index contributed by atoms with van der Waals surface area (Å²) in [6.45, 7) is 4.31. The molecular weight excluding hydrogens is 302 g/mol. The second-order valence-electron chi connectivity index (χ2n) is 6.98. The summed E-state index contributed by atoms with van der Waals surface area (Å²) in [7, 11) is 0. The van der Waals surface area contributed by atoms with E-state index >= 15 is 0 Å². The van der Waals surface area contributed by atoms with Crippen LogP contribution < -0.4 is 0 Å². The quantitative estimate of drug-likeness (QED) is 0.405. The van der Waals surface area contributed by atoms with Gasteiger partial charge >= 0.3 is 0 Å². The molecule has 5 rings (SSSR count). The molecule has 0 aliphatic heterocycles. The van der Waals surface area contributed by atoms with Crippen molar-refractivity contribution in [2.45, 2.75) is 19.3 Å². The standard InChI is InChI=1S/C24H19N/c1-24(2)19-14-8-6-12-17(19)21-18-13-7-9-15-20(18)25-23(22(21)24)16-10-4-3-5-11-16/h3-15H,1-2H3/i3D,4D,5D,10D. The number of hydrogen-bond acceptors (Lipinski definition) is 1. The van der Waals surface area contributed by atoms with E-state index in [0.29, 0.717) is 11.3 Å². The lowest BCUT2D eigenvalue weighted by Crippen LogP contribution is -2.17. The molecule has 1 heteroatoms. The van der Waals surface area contributed by atoms with E-state index in [1.54, 1.807) is 0 Å². The Bertz CT molecular complexity index is 1320. The van der Waals surface area contributed by atoms with Gasteiger partial charge in [-0.1, -0.05) is 86.5 Å². The monoisotopic (exact) mass is 325 g/mol. The normalized spacial score (nSPS) is 16.6. The summed E-state index contributed by atoms with van der Waals surface area (Å²) in [6.07, 6.45) is 0. The SMILES string of the molecule is [2H]c1cc(-c2nc3ccccc3c3c2C(C)(C)c2ccccc2-3)c([2H])c([2H])c1[2H]. The highest BCUT2D eigenvalue weighted by Crippen LogP contribution is 2.53. The van der Waals surface area contributed by atoms with Crippen molar-refractivity contribution in [3.8, 4) is 22.4 Å². The minimum absolute atomic E-state index is 0.0530. The van der Waals surface area contributed by atoms with Crippen LogP contribution >= 0.6 is 0 Å². The second-order valence-corrected chi connectivity index (χ2v) is 6.98. The van der Waals surface area contributed by atoms with Gasteiger partial charge in [0.05, 0.1) is 16.7 Å². The Balaban J connectivity index is 1.99. The van der Waals surface area contributed by atoms with Gasteiger partial charge in [0.15, 0.2) is 0 Å². The topological polar surface area (TPSA) is 12.9 Å². The molecule has 0 atom stereocenters. The minimum Gasteiger partial charge on any atom is -0.247 e. The Hall–Kier alpha value is -2.93. The van der Waals surface area contributed by atoms with Gasteiger partial charge in [0.1, 0.15) is 0 Å². The third kappa shape index (κ3) is 1.93. The molecule has 0 N–H and O–H groups in total. The fourth-order valence-electron chi connectivity index (χ4n) is 4.08. The van der Waals surface area contributed by atoms with Crippen LogP contribution in [0.5, 0.6) is 0 Å². The van der Waals surface area contributed by atoms with Gasteiger partial charge in [-0.15, -0.1) is 0 Å². The average molecular weight is 325 g/mol. The molecule has 4 aromatic rings. The zero-order chi connectivity index (χ0) is 20.5. The molecule has 0 amide bonds. The van der Waals surface area contributed by atoms with Crippen LogP contribution in [0.15, 0.2) is 78.8 Å². The van der Waals surface area contributed by atoms with Crippen LogP contribution in [0.1, 0.15) is 30.5 Å². The molecule has 0 radical (unpaired) electrons. The highest BCUT2D eigenvalue weighted by atomic mass is 14.7. The zero-order valence-electron chi connectivity index (χ0n) is 18.1. The first-order chi connectivity index (χ1) is 13.8. The Morgan fingerprint density at radius 1 is 0.880 bits per heavy atom. The van der Waals surface area contributed by atoms with E-state index < -0.39 is 0 Å². The van der Waals surface area contributed by atoms with E-state index in [4.69, 9.17) is 10.5 Å². The van der Waals surface area contributed by atoms with Gasteiger partial charge in [0, 0.05) is 16.4 Å². The predicted molar refractivity (Wildman–Crippen MR) is 105 cm³/mol. The van der Waals surface area contributed by atoms with Crippen molar-refractivity contribution in [2.75, 3.05) is 0 Å². The number of hydrogen-bond donors (Lipinski definition) is 0. The van der Waals surface area contributed by atoms with Crippen LogP contribution in [-0.2, 0) is 5.41 Å². The maximum atomic E-state index is 8.50. The first-order valence-electron chi connectivity index (χ1n) is 10.4. The summed E-state index contributed by atoms with van der Waals surface area (Å²) in [6, 6.07) is 17.3. The maximum Gasteiger partial charge on any atom is 0.0756 e. The lowest BCUT2D eigenvalue weighted by Gasteiger charge is -2.24. The summed E-state index contributed by atoms with van der Waals surface area (Å²) in [5.74, 6) is 0. The summed E-state index contributed by atoms with van der Waals surface area (Å²) in [4.78, 5) is 4.92. The van der Waals surface area contributed by atoms with Gasteiger partial charge in [0.2, 0.25) is 0 Å². The molecule has 120 valence electrons. The van der Waals surface area contributed by atoms with Crippen molar-refractivity contribution in [2.24, 2.45) is 0 Å². The summed E-state index contributed by atoms with van der Waals surface area (Å²) in [5.41, 5.74) is 6.05. The van der Waals surface area contributed by atoms with Crippen LogP contribution in [0, 0.1) is 0 Å². The lowest BCUT2D eigenvalue weighted by atomic mass is 9.80. The molecule has 0 saturated carbocycles. The van der Waals surface area contributed by atoms with Crippen molar-refractivity contribution in [1.82, 2.24) is 4.98 Å². The van der Waals surface area contributed by atoms with Crippen molar-refractivity contribution in [3.63, 3.8) is 0 Å². The molecule has 1 aromatic heterocycles. The first kappa shape index (κ1) is 10.8. The number of para-hydroxylation sites is 1. The minimum atomic E-state index is -0.339. The number of nitrogens with zero attached hydrogens (tertiary/aromatic N) is 1. The number of benzene rings is 3. The number of rotatable bonds is 1. The molecule has 3 aromatic carbocycles. The van der Waals surface area contributed by atoms with E-state index in [0.717, 1.165) is 27.6 Å². The van der Waals surface area contributed by atoms with Crippen LogP contribution in [0.3, 0.4) is 0 Å². The average Bonchev–Trinajstić information content (AvgIpc) is 2.97. The van der Waals surface area contributed by atoms with E-state index in [9.17, 15) is 0 Å². The Morgan fingerprint density at radius 3 is 2.60 bits per heavy atom. The smallest absolute Gasteiger partial charge is 0.0756 e. The molecule has 0 unspecified atom stereocenters. The molecule has 0 bridgehead atoms. The van der Waals surface area contributed by atoms with Crippen LogP contribution in [-0.4, -0.2) is 4.98 Å². The summed E-state index contributed by atoms with van der Waals surface area (Å²) in [5, 5.41) is 1.06. The summed E-state index contributed by atoms with van der Waals surface area (Å²) >= 11 is 0. The lowest BCUT2D eigenvalue weighted by molar-refractivity contribution is 0.660. The summed E-state index contributed by atoms with van der Waals surface area (Å²) < 4.78 is 32.7. The van der Waals surface area contributed by atoms with Crippen molar-refractivity contribution < 1.29 is 5.48 Å². The predicted octanol–water partition coefficient (Wildman–Crippen LogP) is 6.21. The van der Waals surface area contributed by atoms with Crippen LogP contribution in [0.2, 0.25) is 0 Å². The van der Waals surface area contributed by atoms with E-state index in [2.05, 4.69) is 32.0 Å². The molecule has 1 nitrogen and oxygen atoms in total. The van der Waals surface area contributed by atoms with Gasteiger partial charge in [-0.05, 0) is 28.3 Å². The van der Waals surface area contributed by atoms with E-state index in [-0.39, 0.29) is 29.6 Å². The van der Waals surface area contributed by atoms with Crippen molar-refractivity contribution >= 4 is 10.9 Å². The third-order valence-corrected chi connectivity index (χ3v) is 5.19. The number of pyridine rings is 1. The largest absolute Gasteiger partial charge is 0.247 e. The fourth-order valence-corrected chi connectivity index (χ4v) is 4.08. The van der Waals surface area contributed by atoms with E-state index in [1.165, 1.54) is 11.6 Å². The highest BCUT2D eigenvalue weighted by Gasteiger charge is 2.39. The molecule has 0 spiro atoms. The van der Waals surface area contributed by atoms with Crippen LogP contribution in [0.4, 0.5) is 0 Å². The maximum absolute atomic E-state index is 8.50. The molecule has 0 fully saturated rings. The van der Waals surface area contributed by atoms with Crippen molar-refractivity contribution in [3.05, 3.63) is 89.9 Å². The third-order valence-electron chi connectivity index (χ3n) is 5.19. The number of fused-ring (bicyclic) bond motifs is 5. The zero-order valence-corrected chi connectivity index (χ0v) is 14.1. The Morgan fingerprint density at radius 2 is 1.68 bits per heavy atom. The molecular formula is C24H19N. The van der Waals surface area contributed by atoms with Gasteiger partial charge in [0.25, 0.3) is 0 Å². The second kappa shape index (κ2) is 5.03. The van der Waals surface area contributed by atoms with Gasteiger partial charge in [-0.25, -0.2) is 4.98 Å². The number of aromatic nitrogens is 1. The van der Waals surface area contributed by atoms with Crippen molar-refractivity contribution in [1.29, 1.82) is 0 Å². The molecule has 1 aliphatic carbocycles. The molecule has 0 saturated heterocycles. The fraction of sp³-hybridized carbons (Fsp3) is 0.125. The Kier molecular flexibility index (Phi) is 2.18. The molecule has 1 heterocycles. The van der Waals surface area contributed by atoms with Gasteiger partial charge < -0.3 is 0 Å². The van der Waals surface area contributed by atoms with Gasteiger partial charge in [-0.2, -0.15) is 0 Å². The molecule has 1 aliphatic rings. The Labute approximate surface area is 153 Å². The molecule has 25 heavy (non-hydrogen) atoms. The first-order valence-corrected chi connectivity index (χ1v) is 8.43. The van der Waals surface area contributed by atoms with Crippen LogP contribution in [0.25, 0.3) is 33.3 Å². The van der Waals surface area contributed by atoms with Gasteiger partial charge in [-0.3, -0.25) is 0 Å².